The highest BCUT2D eigenvalue weighted by Crippen LogP contribution is 2.29. The van der Waals surface area contributed by atoms with E-state index in [1.165, 1.54) is 18.4 Å². The highest BCUT2D eigenvalue weighted by Gasteiger charge is 2.36. The molecule has 0 N–H and O–H groups in total. The Morgan fingerprint density at radius 2 is 1.96 bits per heavy atom. The third-order valence-electron chi connectivity index (χ3n) is 5.60. The van der Waals surface area contributed by atoms with Crippen molar-refractivity contribution in [2.75, 3.05) is 33.7 Å². The summed E-state index contributed by atoms with van der Waals surface area (Å²) in [6, 6.07) is 9.32. The molecule has 4 heterocycles. The number of imidazole rings is 1. The quantitative estimate of drug-likeness (QED) is 0.851. The summed E-state index contributed by atoms with van der Waals surface area (Å²) in [5.74, 6) is 0.586. The highest BCUT2D eigenvalue weighted by molar-refractivity contribution is 5.74. The Balaban J connectivity index is 1.45. The fraction of sp³-hybridized carbons (Fsp3) is 0.500. The van der Waals surface area contributed by atoms with Gasteiger partial charge in [0.2, 0.25) is 0 Å². The maximum absolute atomic E-state index is 12.4. The Morgan fingerprint density at radius 3 is 2.65 bits per heavy atom. The van der Waals surface area contributed by atoms with Crippen LogP contribution in [0.15, 0.2) is 43.0 Å². The number of fused-ring (bicyclic) bond motifs is 4. The Hall–Kier alpha value is -2.34. The van der Waals surface area contributed by atoms with E-state index in [0.717, 1.165) is 31.9 Å². The minimum Gasteiger partial charge on any atom is -0.331 e. The smallest absolute Gasteiger partial charge is 0.319 e. The number of benzene rings is 1. The first-order chi connectivity index (χ1) is 12.6. The normalized spacial score (nSPS) is 23.1. The number of urea groups is 1. The van der Waals surface area contributed by atoms with Crippen LogP contribution in [0.25, 0.3) is 5.69 Å². The first-order valence-corrected chi connectivity index (χ1v) is 9.37. The standard InChI is InChI=1S/C20H27N5O/c1-22(2)20(26)25-13-17-5-8-19(14-25)24(12-17)11-16-3-6-18(7-4-16)23-10-9-21-15-23/h3-4,6-7,9-10,15,17,19H,5,8,11-14H2,1-2H3/t17-,19-/m0/s1. The fourth-order valence-corrected chi connectivity index (χ4v) is 4.23. The third-order valence-corrected chi connectivity index (χ3v) is 5.60. The summed E-state index contributed by atoms with van der Waals surface area (Å²) in [6.45, 7) is 3.78. The summed E-state index contributed by atoms with van der Waals surface area (Å²) >= 11 is 0. The zero-order valence-electron chi connectivity index (χ0n) is 15.6. The molecule has 0 unspecified atom stereocenters. The van der Waals surface area contributed by atoms with Crippen LogP contribution in [0.2, 0.25) is 0 Å². The number of hydrogen-bond donors (Lipinski definition) is 0. The van der Waals surface area contributed by atoms with Crippen molar-refractivity contribution in [1.82, 2.24) is 24.3 Å². The minimum absolute atomic E-state index is 0.147. The molecule has 2 bridgehead atoms. The number of carbonyl (C=O) groups is 1. The molecular formula is C20H27N5O. The third kappa shape index (κ3) is 3.46. The van der Waals surface area contributed by atoms with E-state index in [4.69, 9.17) is 0 Å². The molecule has 0 saturated carbocycles. The lowest BCUT2D eigenvalue weighted by Crippen LogP contribution is -2.45. The van der Waals surface area contributed by atoms with E-state index in [1.807, 2.05) is 36.1 Å². The van der Waals surface area contributed by atoms with Crippen molar-refractivity contribution in [3.8, 4) is 5.69 Å². The molecular weight excluding hydrogens is 326 g/mol. The fourth-order valence-electron chi connectivity index (χ4n) is 4.23. The SMILES string of the molecule is CN(C)C(=O)N1C[C@H]2CC[C@@H](C1)N(Cc1ccc(-n3ccnc3)cc1)C2. The summed E-state index contributed by atoms with van der Waals surface area (Å²) in [5, 5.41) is 0. The molecule has 3 aliphatic heterocycles. The molecule has 1 aromatic carbocycles. The summed E-state index contributed by atoms with van der Waals surface area (Å²) < 4.78 is 2.02. The van der Waals surface area contributed by atoms with Gasteiger partial charge in [-0.3, -0.25) is 4.90 Å². The number of rotatable bonds is 3. The largest absolute Gasteiger partial charge is 0.331 e. The molecule has 26 heavy (non-hydrogen) atoms. The number of hydrogen-bond acceptors (Lipinski definition) is 3. The maximum Gasteiger partial charge on any atom is 0.319 e. The number of amides is 2. The van der Waals surface area contributed by atoms with Gasteiger partial charge >= 0.3 is 6.03 Å². The van der Waals surface area contributed by atoms with Crippen molar-refractivity contribution in [1.29, 1.82) is 0 Å². The van der Waals surface area contributed by atoms with Gasteiger partial charge in [-0.05, 0) is 36.5 Å². The molecule has 138 valence electrons. The van der Waals surface area contributed by atoms with Crippen molar-refractivity contribution in [3.05, 3.63) is 48.5 Å². The Labute approximate surface area is 155 Å². The average Bonchev–Trinajstić information content (AvgIpc) is 3.03. The van der Waals surface area contributed by atoms with Gasteiger partial charge in [0.05, 0.1) is 6.33 Å². The van der Waals surface area contributed by atoms with E-state index in [-0.39, 0.29) is 6.03 Å². The first-order valence-electron chi connectivity index (χ1n) is 9.37. The van der Waals surface area contributed by atoms with Crippen LogP contribution in [0.3, 0.4) is 0 Å². The van der Waals surface area contributed by atoms with Crippen LogP contribution in [0.5, 0.6) is 0 Å². The van der Waals surface area contributed by atoms with Gasteiger partial charge in [-0.15, -0.1) is 0 Å². The van der Waals surface area contributed by atoms with Gasteiger partial charge in [0, 0.05) is 64.4 Å². The van der Waals surface area contributed by atoms with Crippen molar-refractivity contribution < 1.29 is 4.79 Å². The second-order valence-electron chi connectivity index (χ2n) is 7.75. The van der Waals surface area contributed by atoms with Gasteiger partial charge < -0.3 is 14.4 Å². The zero-order chi connectivity index (χ0) is 18.1. The van der Waals surface area contributed by atoms with Gasteiger partial charge in [-0.2, -0.15) is 0 Å². The van der Waals surface area contributed by atoms with E-state index in [9.17, 15) is 4.79 Å². The average molecular weight is 353 g/mol. The van der Waals surface area contributed by atoms with E-state index in [1.54, 1.807) is 11.1 Å². The molecule has 6 nitrogen and oxygen atoms in total. The lowest BCUT2D eigenvalue weighted by Gasteiger charge is -2.36. The minimum atomic E-state index is 0.147. The van der Waals surface area contributed by atoms with Crippen molar-refractivity contribution in [2.45, 2.75) is 25.4 Å². The van der Waals surface area contributed by atoms with E-state index in [0.29, 0.717) is 12.0 Å². The lowest BCUT2D eigenvalue weighted by atomic mass is 9.94. The second kappa shape index (κ2) is 7.11. The molecule has 3 fully saturated rings. The van der Waals surface area contributed by atoms with Crippen molar-refractivity contribution in [2.24, 2.45) is 5.92 Å². The van der Waals surface area contributed by atoms with Gasteiger partial charge in [-0.25, -0.2) is 9.78 Å². The molecule has 2 aromatic rings. The zero-order valence-corrected chi connectivity index (χ0v) is 15.6. The molecule has 3 aliphatic rings. The van der Waals surface area contributed by atoms with E-state index >= 15 is 0 Å². The van der Waals surface area contributed by atoms with Gasteiger partial charge in [0.25, 0.3) is 0 Å². The van der Waals surface area contributed by atoms with Crippen LogP contribution in [-0.4, -0.2) is 70.1 Å². The van der Waals surface area contributed by atoms with Crippen LogP contribution in [0, 0.1) is 5.92 Å². The summed E-state index contributed by atoms with van der Waals surface area (Å²) in [5.41, 5.74) is 2.46. The molecule has 2 amide bonds. The van der Waals surface area contributed by atoms with Crippen LogP contribution in [0.4, 0.5) is 4.79 Å². The molecule has 5 rings (SSSR count). The highest BCUT2D eigenvalue weighted by atomic mass is 16.2. The molecule has 0 aliphatic carbocycles. The van der Waals surface area contributed by atoms with Crippen LogP contribution in [-0.2, 0) is 6.54 Å². The van der Waals surface area contributed by atoms with Crippen molar-refractivity contribution in [3.63, 3.8) is 0 Å². The molecule has 0 spiro atoms. The number of aromatic nitrogens is 2. The Bertz CT molecular complexity index is 740. The molecule has 0 radical (unpaired) electrons. The molecule has 1 aromatic heterocycles. The van der Waals surface area contributed by atoms with Gasteiger partial charge in [0.15, 0.2) is 0 Å². The van der Waals surface area contributed by atoms with Crippen LogP contribution >= 0.6 is 0 Å². The van der Waals surface area contributed by atoms with Gasteiger partial charge in [0.1, 0.15) is 0 Å². The Morgan fingerprint density at radius 1 is 1.15 bits per heavy atom. The van der Waals surface area contributed by atoms with Crippen LogP contribution < -0.4 is 0 Å². The lowest BCUT2D eigenvalue weighted by molar-refractivity contribution is 0.123. The Kier molecular flexibility index (Phi) is 4.68. The summed E-state index contributed by atoms with van der Waals surface area (Å²) in [4.78, 5) is 22.8. The number of piperidine rings is 1. The predicted molar refractivity (Wildman–Crippen MR) is 101 cm³/mol. The summed E-state index contributed by atoms with van der Waals surface area (Å²) in [7, 11) is 3.68. The second-order valence-corrected chi connectivity index (χ2v) is 7.75. The van der Waals surface area contributed by atoms with Crippen molar-refractivity contribution >= 4 is 6.03 Å². The molecule has 3 saturated heterocycles. The van der Waals surface area contributed by atoms with E-state index < -0.39 is 0 Å². The molecule has 2 atom stereocenters. The number of carbonyl (C=O) groups excluding carboxylic acids is 1. The predicted octanol–water partition coefficient (Wildman–Crippen LogP) is 2.45. The topological polar surface area (TPSA) is 44.6 Å². The van der Waals surface area contributed by atoms with E-state index in [2.05, 4.69) is 34.1 Å². The van der Waals surface area contributed by atoms with Gasteiger partial charge in [-0.1, -0.05) is 12.1 Å². The maximum atomic E-state index is 12.4. The molecule has 6 heteroatoms. The first kappa shape index (κ1) is 17.1. The number of nitrogens with zero attached hydrogens (tertiary/aromatic N) is 5. The monoisotopic (exact) mass is 353 g/mol. The van der Waals surface area contributed by atoms with Crippen LogP contribution in [0.1, 0.15) is 18.4 Å². The summed E-state index contributed by atoms with van der Waals surface area (Å²) in [6.07, 6.45) is 7.99.